The first kappa shape index (κ1) is 22.2. The van der Waals surface area contributed by atoms with E-state index >= 15 is 0 Å². The monoisotopic (exact) mass is 447 g/mol. The first-order chi connectivity index (χ1) is 14.2. The number of carbonyl (C=O) groups excluding carboxylic acids is 1. The molecule has 0 aliphatic heterocycles. The number of nitrogens with zero attached hydrogens (tertiary/aromatic N) is 3. The molecule has 0 saturated heterocycles. The zero-order chi connectivity index (χ0) is 21.9. The molecule has 7 nitrogen and oxygen atoms in total. The molecule has 0 saturated carbocycles. The molecule has 0 fully saturated rings. The highest BCUT2D eigenvalue weighted by molar-refractivity contribution is 7.89. The van der Waals surface area contributed by atoms with E-state index in [4.69, 9.17) is 4.74 Å². The summed E-state index contributed by atoms with van der Waals surface area (Å²) in [5.41, 5.74) is 1.12. The number of rotatable bonds is 8. The van der Waals surface area contributed by atoms with Crippen LogP contribution < -0.4 is 9.64 Å². The number of carbonyl (C=O) groups is 1. The van der Waals surface area contributed by atoms with Crippen LogP contribution in [0.15, 0.2) is 47.4 Å². The number of thiazole rings is 1. The fourth-order valence-electron chi connectivity index (χ4n) is 2.76. The van der Waals surface area contributed by atoms with Gasteiger partial charge in [0.25, 0.3) is 0 Å². The van der Waals surface area contributed by atoms with Crippen molar-refractivity contribution in [2.75, 3.05) is 32.6 Å². The lowest BCUT2D eigenvalue weighted by molar-refractivity contribution is 0.0735. The Bertz CT molecular complexity index is 1140. The van der Waals surface area contributed by atoms with Gasteiger partial charge in [-0.05, 0) is 42.8 Å². The number of unbranched alkanes of at least 4 members (excludes halogenated alkanes) is 1. The lowest BCUT2D eigenvalue weighted by Gasteiger charge is -2.16. The molecule has 0 atom stereocenters. The van der Waals surface area contributed by atoms with Crippen molar-refractivity contribution >= 4 is 42.7 Å². The van der Waals surface area contributed by atoms with Crippen LogP contribution in [0.5, 0.6) is 5.75 Å². The molecule has 30 heavy (non-hydrogen) atoms. The van der Waals surface area contributed by atoms with E-state index in [9.17, 15) is 13.2 Å². The second kappa shape index (κ2) is 9.11. The molecule has 160 valence electrons. The second-order valence-electron chi connectivity index (χ2n) is 7.11. The molecular weight excluding hydrogens is 422 g/mol. The summed E-state index contributed by atoms with van der Waals surface area (Å²) >= 11 is 1.51. The van der Waals surface area contributed by atoms with Crippen molar-refractivity contribution in [2.24, 2.45) is 0 Å². The highest BCUT2D eigenvalue weighted by Gasteiger charge is 2.21. The van der Waals surface area contributed by atoms with E-state index in [2.05, 4.69) is 4.98 Å². The molecule has 0 bridgehead atoms. The summed E-state index contributed by atoms with van der Waals surface area (Å²) in [5.74, 6) is -0.132. The van der Waals surface area contributed by atoms with Gasteiger partial charge in [-0.2, -0.15) is 0 Å². The maximum atomic E-state index is 12.6. The Morgan fingerprint density at radius 3 is 2.43 bits per heavy atom. The number of esters is 1. The van der Waals surface area contributed by atoms with E-state index in [1.54, 1.807) is 19.2 Å². The summed E-state index contributed by atoms with van der Waals surface area (Å²) in [7, 11) is 1.83. The number of fused-ring (bicyclic) bond motifs is 1. The van der Waals surface area contributed by atoms with Crippen molar-refractivity contribution in [3.63, 3.8) is 0 Å². The van der Waals surface area contributed by atoms with Gasteiger partial charge >= 0.3 is 5.97 Å². The molecule has 2 aromatic carbocycles. The Kier molecular flexibility index (Phi) is 6.74. The van der Waals surface area contributed by atoms with Gasteiger partial charge in [0, 0.05) is 33.8 Å². The highest BCUT2D eigenvalue weighted by Crippen LogP contribution is 2.30. The van der Waals surface area contributed by atoms with Gasteiger partial charge < -0.3 is 9.64 Å². The molecule has 3 aromatic rings. The third-order valence-corrected chi connectivity index (χ3v) is 7.62. The first-order valence-corrected chi connectivity index (χ1v) is 11.8. The topological polar surface area (TPSA) is 79.8 Å². The normalized spacial score (nSPS) is 11.8. The average Bonchev–Trinajstić information content (AvgIpc) is 3.15. The zero-order valence-corrected chi connectivity index (χ0v) is 19.1. The van der Waals surface area contributed by atoms with Gasteiger partial charge in [0.15, 0.2) is 5.13 Å². The minimum Gasteiger partial charge on any atom is -0.423 e. The minimum absolute atomic E-state index is 0.153. The van der Waals surface area contributed by atoms with Crippen LogP contribution in [0.1, 0.15) is 30.1 Å². The third kappa shape index (κ3) is 4.80. The van der Waals surface area contributed by atoms with Crippen LogP contribution >= 0.6 is 11.3 Å². The van der Waals surface area contributed by atoms with Crippen LogP contribution in [0.3, 0.4) is 0 Å². The highest BCUT2D eigenvalue weighted by atomic mass is 32.2. The molecule has 0 radical (unpaired) electrons. The van der Waals surface area contributed by atoms with Gasteiger partial charge in [0.05, 0.1) is 20.7 Å². The van der Waals surface area contributed by atoms with E-state index in [0.717, 1.165) is 28.2 Å². The molecule has 1 aromatic heterocycles. The van der Waals surface area contributed by atoms with Crippen molar-refractivity contribution < 1.29 is 17.9 Å². The van der Waals surface area contributed by atoms with Gasteiger partial charge in [-0.15, -0.1) is 0 Å². The summed E-state index contributed by atoms with van der Waals surface area (Å²) in [6, 6.07) is 11.1. The van der Waals surface area contributed by atoms with Gasteiger partial charge in [-0.25, -0.2) is 22.5 Å². The molecule has 1 heterocycles. The number of hydrogen-bond acceptors (Lipinski definition) is 7. The lowest BCUT2D eigenvalue weighted by Crippen LogP contribution is -2.28. The number of sulfonamides is 1. The molecule has 3 rings (SSSR count). The Morgan fingerprint density at radius 2 is 1.80 bits per heavy atom. The molecule has 0 amide bonds. The molecule has 0 aliphatic rings. The van der Waals surface area contributed by atoms with E-state index in [-0.39, 0.29) is 10.5 Å². The van der Waals surface area contributed by atoms with E-state index in [1.165, 1.54) is 39.9 Å². The van der Waals surface area contributed by atoms with Gasteiger partial charge in [-0.3, -0.25) is 0 Å². The fourth-order valence-corrected chi connectivity index (χ4v) is 4.88. The third-order valence-electron chi connectivity index (χ3n) is 4.57. The largest absolute Gasteiger partial charge is 0.423 e. The van der Waals surface area contributed by atoms with Crippen molar-refractivity contribution in [1.29, 1.82) is 0 Å². The maximum absolute atomic E-state index is 12.6. The number of hydrogen-bond donors (Lipinski definition) is 0. The van der Waals surface area contributed by atoms with E-state index in [1.807, 2.05) is 32.0 Å². The zero-order valence-electron chi connectivity index (χ0n) is 17.5. The molecule has 0 spiro atoms. The number of anilines is 1. The fraction of sp³-hybridized carbons (Fsp3) is 0.333. The quantitative estimate of drug-likeness (QED) is 0.384. The van der Waals surface area contributed by atoms with Gasteiger partial charge in [-0.1, -0.05) is 24.7 Å². The lowest BCUT2D eigenvalue weighted by atomic mass is 10.2. The van der Waals surface area contributed by atoms with Crippen LogP contribution in [0.25, 0.3) is 10.2 Å². The van der Waals surface area contributed by atoms with Gasteiger partial charge in [0.2, 0.25) is 10.0 Å². The number of ether oxygens (including phenoxy) is 1. The summed E-state index contributed by atoms with van der Waals surface area (Å²) in [6.45, 7) is 2.47. The van der Waals surface area contributed by atoms with E-state index in [0.29, 0.717) is 12.3 Å². The Hall–Kier alpha value is -2.49. The van der Waals surface area contributed by atoms with Crippen LogP contribution in [0.4, 0.5) is 5.13 Å². The Balaban J connectivity index is 1.74. The van der Waals surface area contributed by atoms with Crippen molar-refractivity contribution in [1.82, 2.24) is 9.29 Å². The molecular formula is C21H25N3O4S2. The smallest absolute Gasteiger partial charge is 0.343 e. The molecule has 0 unspecified atom stereocenters. The number of benzene rings is 2. The average molecular weight is 448 g/mol. The number of aromatic nitrogens is 1. The summed E-state index contributed by atoms with van der Waals surface area (Å²) in [5, 5.41) is 0.870. The van der Waals surface area contributed by atoms with Gasteiger partial charge in [0.1, 0.15) is 5.75 Å². The summed E-state index contributed by atoms with van der Waals surface area (Å²) in [6.07, 6.45) is 1.70. The molecule has 0 aliphatic carbocycles. The molecule has 0 N–H and O–H groups in total. The van der Waals surface area contributed by atoms with Crippen LogP contribution in [-0.2, 0) is 10.0 Å². The molecule has 9 heteroatoms. The Labute approximate surface area is 181 Å². The second-order valence-corrected chi connectivity index (χ2v) is 10.2. The minimum atomic E-state index is -3.57. The predicted molar refractivity (Wildman–Crippen MR) is 120 cm³/mol. The summed E-state index contributed by atoms with van der Waals surface area (Å²) in [4.78, 5) is 19.1. The summed E-state index contributed by atoms with van der Waals surface area (Å²) < 4.78 is 32.9. The van der Waals surface area contributed by atoms with Crippen molar-refractivity contribution in [3.05, 3.63) is 48.0 Å². The maximum Gasteiger partial charge on any atom is 0.343 e. The van der Waals surface area contributed by atoms with Crippen molar-refractivity contribution in [3.8, 4) is 5.75 Å². The predicted octanol–water partition coefficient (Wildman–Crippen LogP) is 4.00. The van der Waals surface area contributed by atoms with Crippen LogP contribution in [0.2, 0.25) is 0 Å². The van der Waals surface area contributed by atoms with Crippen LogP contribution in [0, 0.1) is 0 Å². The first-order valence-electron chi connectivity index (χ1n) is 9.59. The van der Waals surface area contributed by atoms with Crippen LogP contribution in [-0.4, -0.2) is 51.4 Å². The Morgan fingerprint density at radius 1 is 1.10 bits per heavy atom. The SMILES string of the molecule is CCCCN(C)S(=O)(=O)c1ccc(C(=O)Oc2ccc3nc(N(C)C)sc3c2)cc1. The van der Waals surface area contributed by atoms with Crippen molar-refractivity contribution in [2.45, 2.75) is 24.7 Å². The van der Waals surface area contributed by atoms with E-state index < -0.39 is 16.0 Å². The standard InChI is InChI=1S/C21H25N3O4S2/c1-5-6-13-24(4)30(26,27)17-10-7-15(8-11-17)20(25)28-16-9-12-18-19(14-16)29-21(22-18)23(2)3/h7-12,14H,5-6,13H2,1-4H3.